The van der Waals surface area contributed by atoms with Crippen molar-refractivity contribution < 1.29 is 9.13 Å². The summed E-state index contributed by atoms with van der Waals surface area (Å²) in [7, 11) is 0. The van der Waals surface area contributed by atoms with Gasteiger partial charge in [0.25, 0.3) is 0 Å². The van der Waals surface area contributed by atoms with Gasteiger partial charge in [-0.15, -0.1) is 0 Å². The van der Waals surface area contributed by atoms with Crippen molar-refractivity contribution in [2.75, 3.05) is 5.73 Å². The zero-order chi connectivity index (χ0) is 13.1. The lowest BCUT2D eigenvalue weighted by Crippen LogP contribution is -1.97. The fourth-order valence-electron chi connectivity index (χ4n) is 1.61. The minimum Gasteiger partial charge on any atom is -0.450 e. The zero-order valence-corrected chi connectivity index (χ0v) is 9.77. The molecule has 90 valence electrons. The van der Waals surface area contributed by atoms with Crippen LogP contribution in [0, 0.1) is 24.1 Å². The highest BCUT2D eigenvalue weighted by molar-refractivity contribution is 5.57. The van der Waals surface area contributed by atoms with Gasteiger partial charge in [0.15, 0.2) is 11.6 Å². The van der Waals surface area contributed by atoms with Crippen molar-refractivity contribution in [3.8, 4) is 17.6 Å². The molecule has 0 saturated heterocycles. The number of nitrogens with two attached hydrogens (primary N) is 1. The van der Waals surface area contributed by atoms with Gasteiger partial charge in [0.05, 0.1) is 11.3 Å². The molecule has 0 fully saturated rings. The Morgan fingerprint density at radius 2 is 1.89 bits per heavy atom. The number of nitrogen functional groups attached to an aromatic ring is 1. The number of halogens is 1. The number of hydrogen-bond acceptors (Lipinski definition) is 3. The Bertz CT molecular complexity index is 612. The fourth-order valence-corrected chi connectivity index (χ4v) is 1.61. The SMILES string of the molecule is Cc1cccc(C#N)c1Oc1c(N)cccc1F. The first-order valence-electron chi connectivity index (χ1n) is 5.35. The Morgan fingerprint density at radius 1 is 1.17 bits per heavy atom. The third kappa shape index (κ3) is 2.11. The molecule has 3 nitrogen and oxygen atoms in total. The van der Waals surface area contributed by atoms with Crippen LogP contribution in [-0.4, -0.2) is 0 Å². The molecule has 0 atom stereocenters. The monoisotopic (exact) mass is 242 g/mol. The van der Waals surface area contributed by atoms with Crippen molar-refractivity contribution in [3.63, 3.8) is 0 Å². The van der Waals surface area contributed by atoms with Gasteiger partial charge in [-0.2, -0.15) is 5.26 Å². The van der Waals surface area contributed by atoms with E-state index in [2.05, 4.69) is 0 Å². The van der Waals surface area contributed by atoms with Crippen LogP contribution in [0.2, 0.25) is 0 Å². The van der Waals surface area contributed by atoms with E-state index < -0.39 is 5.82 Å². The van der Waals surface area contributed by atoms with Gasteiger partial charge in [-0.3, -0.25) is 0 Å². The Hall–Kier alpha value is -2.54. The minimum atomic E-state index is -0.554. The number of nitriles is 1. The predicted molar refractivity (Wildman–Crippen MR) is 66.8 cm³/mol. The Labute approximate surface area is 104 Å². The molecule has 0 aliphatic carbocycles. The summed E-state index contributed by atoms with van der Waals surface area (Å²) in [6.07, 6.45) is 0. The van der Waals surface area contributed by atoms with Crippen molar-refractivity contribution in [1.29, 1.82) is 5.26 Å². The normalized spacial score (nSPS) is 9.83. The van der Waals surface area contributed by atoms with E-state index in [1.807, 2.05) is 6.07 Å². The first-order valence-corrected chi connectivity index (χ1v) is 5.35. The molecule has 0 aliphatic rings. The second-order valence-corrected chi connectivity index (χ2v) is 3.82. The molecular weight excluding hydrogens is 231 g/mol. The fraction of sp³-hybridized carbons (Fsp3) is 0.0714. The van der Waals surface area contributed by atoms with Crippen molar-refractivity contribution >= 4 is 5.69 Å². The van der Waals surface area contributed by atoms with E-state index in [4.69, 9.17) is 15.7 Å². The van der Waals surface area contributed by atoms with Gasteiger partial charge in [0.1, 0.15) is 11.8 Å². The van der Waals surface area contributed by atoms with E-state index in [1.54, 1.807) is 31.2 Å². The Morgan fingerprint density at radius 3 is 2.56 bits per heavy atom. The number of benzene rings is 2. The lowest BCUT2D eigenvalue weighted by molar-refractivity contribution is 0.441. The number of aryl methyl sites for hydroxylation is 1. The number of ether oxygens (including phenoxy) is 1. The number of para-hydroxylation sites is 2. The van der Waals surface area contributed by atoms with Crippen LogP contribution in [0.4, 0.5) is 10.1 Å². The number of rotatable bonds is 2. The molecule has 0 unspecified atom stereocenters. The molecule has 0 radical (unpaired) electrons. The average Bonchev–Trinajstić information content (AvgIpc) is 2.35. The molecular formula is C14H11FN2O. The molecule has 2 N–H and O–H groups in total. The smallest absolute Gasteiger partial charge is 0.185 e. The van der Waals surface area contributed by atoms with Gasteiger partial charge in [-0.1, -0.05) is 18.2 Å². The first-order chi connectivity index (χ1) is 8.63. The molecule has 0 aromatic heterocycles. The quantitative estimate of drug-likeness (QED) is 0.821. The topological polar surface area (TPSA) is 59.0 Å². The van der Waals surface area contributed by atoms with Gasteiger partial charge < -0.3 is 10.5 Å². The zero-order valence-electron chi connectivity index (χ0n) is 9.77. The molecule has 0 spiro atoms. The molecule has 0 bridgehead atoms. The summed E-state index contributed by atoms with van der Waals surface area (Å²) in [5, 5.41) is 9.00. The summed E-state index contributed by atoms with van der Waals surface area (Å²) in [5.41, 5.74) is 6.95. The standard InChI is InChI=1S/C14H11FN2O/c1-9-4-2-5-10(8-16)13(9)18-14-11(15)6-3-7-12(14)17/h2-7H,17H2,1H3. The Kier molecular flexibility index (Phi) is 3.16. The highest BCUT2D eigenvalue weighted by atomic mass is 19.1. The molecule has 0 amide bonds. The third-order valence-electron chi connectivity index (χ3n) is 2.53. The number of nitrogens with zero attached hydrogens (tertiary/aromatic N) is 1. The van der Waals surface area contributed by atoms with Crippen LogP contribution in [0.3, 0.4) is 0 Å². The van der Waals surface area contributed by atoms with Crippen LogP contribution in [0.1, 0.15) is 11.1 Å². The summed E-state index contributed by atoms with van der Waals surface area (Å²) in [5.74, 6) is -0.276. The van der Waals surface area contributed by atoms with Gasteiger partial charge in [-0.05, 0) is 30.7 Å². The van der Waals surface area contributed by atoms with Gasteiger partial charge in [-0.25, -0.2) is 4.39 Å². The predicted octanol–water partition coefficient (Wildman–Crippen LogP) is 3.38. The van der Waals surface area contributed by atoms with Crippen LogP contribution in [0.5, 0.6) is 11.5 Å². The van der Waals surface area contributed by atoms with Gasteiger partial charge in [0.2, 0.25) is 0 Å². The molecule has 0 saturated carbocycles. The molecule has 4 heteroatoms. The molecule has 0 aliphatic heterocycles. The van der Waals surface area contributed by atoms with Crippen LogP contribution in [0.25, 0.3) is 0 Å². The molecule has 2 aromatic rings. The summed E-state index contributed by atoms with van der Waals surface area (Å²) < 4.78 is 19.1. The van der Waals surface area contributed by atoms with Crippen molar-refractivity contribution in [1.82, 2.24) is 0 Å². The minimum absolute atomic E-state index is 0.0525. The second-order valence-electron chi connectivity index (χ2n) is 3.82. The summed E-state index contributed by atoms with van der Waals surface area (Å²) in [4.78, 5) is 0. The van der Waals surface area contributed by atoms with E-state index in [0.717, 1.165) is 5.56 Å². The maximum Gasteiger partial charge on any atom is 0.185 e. The number of hydrogen-bond donors (Lipinski definition) is 1. The molecule has 0 heterocycles. The van der Waals surface area contributed by atoms with E-state index in [1.165, 1.54) is 12.1 Å². The average molecular weight is 242 g/mol. The summed E-state index contributed by atoms with van der Waals surface area (Å²) in [6, 6.07) is 11.4. The van der Waals surface area contributed by atoms with E-state index in [0.29, 0.717) is 11.3 Å². The summed E-state index contributed by atoms with van der Waals surface area (Å²) >= 11 is 0. The Balaban J connectivity index is 2.50. The van der Waals surface area contributed by atoms with E-state index in [-0.39, 0.29) is 11.4 Å². The lowest BCUT2D eigenvalue weighted by atomic mass is 10.1. The maximum atomic E-state index is 13.6. The lowest BCUT2D eigenvalue weighted by Gasteiger charge is -2.12. The molecule has 2 aromatic carbocycles. The van der Waals surface area contributed by atoms with Crippen LogP contribution < -0.4 is 10.5 Å². The van der Waals surface area contributed by atoms with Gasteiger partial charge in [0, 0.05) is 0 Å². The van der Waals surface area contributed by atoms with Gasteiger partial charge >= 0.3 is 0 Å². The van der Waals surface area contributed by atoms with Crippen LogP contribution >= 0.6 is 0 Å². The second kappa shape index (κ2) is 4.76. The van der Waals surface area contributed by atoms with E-state index in [9.17, 15) is 4.39 Å². The number of anilines is 1. The first kappa shape index (κ1) is 11.9. The largest absolute Gasteiger partial charge is 0.450 e. The highest BCUT2D eigenvalue weighted by Crippen LogP contribution is 2.33. The van der Waals surface area contributed by atoms with Crippen LogP contribution in [-0.2, 0) is 0 Å². The van der Waals surface area contributed by atoms with Crippen LogP contribution in [0.15, 0.2) is 36.4 Å². The molecule has 2 rings (SSSR count). The molecule has 18 heavy (non-hydrogen) atoms. The van der Waals surface area contributed by atoms with Crippen molar-refractivity contribution in [2.24, 2.45) is 0 Å². The maximum absolute atomic E-state index is 13.6. The third-order valence-corrected chi connectivity index (χ3v) is 2.53. The van der Waals surface area contributed by atoms with Crippen molar-refractivity contribution in [3.05, 3.63) is 53.3 Å². The van der Waals surface area contributed by atoms with E-state index >= 15 is 0 Å². The van der Waals surface area contributed by atoms with Crippen molar-refractivity contribution in [2.45, 2.75) is 6.92 Å². The highest BCUT2D eigenvalue weighted by Gasteiger charge is 2.13. The summed E-state index contributed by atoms with van der Waals surface area (Å²) in [6.45, 7) is 1.78.